The predicted molar refractivity (Wildman–Crippen MR) is 153 cm³/mol. The van der Waals surface area contributed by atoms with Gasteiger partial charge in [-0.2, -0.15) is 0 Å². The van der Waals surface area contributed by atoms with E-state index in [0.29, 0.717) is 40.3 Å². The van der Waals surface area contributed by atoms with Crippen LogP contribution in [0.4, 0.5) is 4.79 Å². The SMILES string of the molecule is C=C/C=C(\C=C(/C)c1nnco1)N1C(=O)N(CC2CCC(NC(=O)c3cc(Cl)cnc3C)CC2)C2C=CC=CC21. The predicted octanol–water partition coefficient (Wildman–Crippen LogP) is 5.49. The molecule has 0 radical (unpaired) electrons. The van der Waals surface area contributed by atoms with Gasteiger partial charge >= 0.3 is 6.03 Å². The first-order valence-electron chi connectivity index (χ1n) is 13.5. The minimum Gasteiger partial charge on any atom is -0.424 e. The number of nitrogens with one attached hydrogen (secondary N) is 1. The molecule has 0 aromatic carbocycles. The molecule has 2 atom stereocenters. The van der Waals surface area contributed by atoms with Crippen molar-refractivity contribution >= 4 is 29.1 Å². The van der Waals surface area contributed by atoms with E-state index >= 15 is 0 Å². The zero-order valence-corrected chi connectivity index (χ0v) is 23.4. The normalized spacial score (nSPS) is 24.8. The van der Waals surface area contributed by atoms with E-state index in [2.05, 4.69) is 39.2 Å². The average Bonchev–Trinajstić information content (AvgIpc) is 3.58. The molecule has 2 aromatic rings. The van der Waals surface area contributed by atoms with Crippen molar-refractivity contribution in [3.8, 4) is 0 Å². The number of hydrogen-bond donors (Lipinski definition) is 1. The zero-order chi connectivity index (χ0) is 28.2. The number of hydrogen-bond acceptors (Lipinski definition) is 6. The molecule has 3 heterocycles. The largest absolute Gasteiger partial charge is 0.424 e. The number of aromatic nitrogens is 3. The number of halogens is 1. The van der Waals surface area contributed by atoms with Crippen molar-refractivity contribution < 1.29 is 14.0 Å². The number of nitrogens with zero attached hydrogens (tertiary/aromatic N) is 5. The summed E-state index contributed by atoms with van der Waals surface area (Å²) < 4.78 is 5.34. The van der Waals surface area contributed by atoms with Crippen LogP contribution in [0, 0.1) is 12.8 Å². The number of rotatable bonds is 8. The Balaban J connectivity index is 1.26. The second-order valence-corrected chi connectivity index (χ2v) is 10.9. The molecule has 208 valence electrons. The molecule has 2 aromatic heterocycles. The van der Waals surface area contributed by atoms with Crippen LogP contribution in [0.3, 0.4) is 0 Å². The van der Waals surface area contributed by atoms with E-state index in [0.717, 1.165) is 31.3 Å². The lowest BCUT2D eigenvalue weighted by atomic mass is 9.85. The van der Waals surface area contributed by atoms with Crippen LogP contribution in [0.15, 0.2) is 77.9 Å². The molecule has 1 saturated heterocycles. The summed E-state index contributed by atoms with van der Waals surface area (Å²) in [7, 11) is 0. The molecule has 3 aliphatic rings. The number of pyridine rings is 1. The zero-order valence-electron chi connectivity index (χ0n) is 22.7. The van der Waals surface area contributed by atoms with E-state index in [-0.39, 0.29) is 30.1 Å². The monoisotopic (exact) mass is 560 g/mol. The van der Waals surface area contributed by atoms with Crippen LogP contribution in [0.2, 0.25) is 5.02 Å². The minimum absolute atomic E-state index is 0.0479. The Hall–Kier alpha value is -3.98. The summed E-state index contributed by atoms with van der Waals surface area (Å²) in [6.07, 6.45) is 19.9. The van der Waals surface area contributed by atoms with E-state index in [1.165, 1.54) is 6.39 Å². The van der Waals surface area contributed by atoms with Gasteiger partial charge in [0, 0.05) is 30.1 Å². The van der Waals surface area contributed by atoms with Crippen LogP contribution in [-0.4, -0.2) is 61.6 Å². The smallest absolute Gasteiger partial charge is 0.325 e. The third-order valence-corrected chi connectivity index (χ3v) is 7.96. The highest BCUT2D eigenvalue weighted by molar-refractivity contribution is 6.30. The molecule has 9 nitrogen and oxygen atoms in total. The number of aryl methyl sites for hydroxylation is 1. The van der Waals surface area contributed by atoms with Crippen molar-refractivity contribution in [2.24, 2.45) is 5.92 Å². The van der Waals surface area contributed by atoms with Gasteiger partial charge in [-0.15, -0.1) is 10.2 Å². The lowest BCUT2D eigenvalue weighted by Crippen LogP contribution is -2.42. The second-order valence-electron chi connectivity index (χ2n) is 10.4. The van der Waals surface area contributed by atoms with Gasteiger partial charge in [-0.3, -0.25) is 14.7 Å². The molecule has 3 amide bonds. The fourth-order valence-corrected chi connectivity index (χ4v) is 5.86. The summed E-state index contributed by atoms with van der Waals surface area (Å²) in [5.74, 6) is 0.600. The average molecular weight is 561 g/mol. The number of carbonyl (C=O) groups is 2. The van der Waals surface area contributed by atoms with E-state index in [1.54, 1.807) is 25.3 Å². The van der Waals surface area contributed by atoms with Crippen molar-refractivity contribution in [1.29, 1.82) is 0 Å². The maximum atomic E-state index is 13.9. The summed E-state index contributed by atoms with van der Waals surface area (Å²) in [6, 6.07) is 1.48. The minimum atomic E-state index is -0.145. The quantitative estimate of drug-likeness (QED) is 0.428. The topological polar surface area (TPSA) is 104 Å². The first-order chi connectivity index (χ1) is 19.4. The lowest BCUT2D eigenvalue weighted by Gasteiger charge is -2.33. The summed E-state index contributed by atoms with van der Waals surface area (Å²) in [5.41, 5.74) is 2.63. The molecule has 0 spiro atoms. The van der Waals surface area contributed by atoms with E-state index in [1.807, 2.05) is 41.0 Å². The van der Waals surface area contributed by atoms with Gasteiger partial charge < -0.3 is 14.6 Å². The Labute approximate surface area is 239 Å². The molecule has 1 aliphatic heterocycles. The van der Waals surface area contributed by atoms with Crippen molar-refractivity contribution in [1.82, 2.24) is 30.3 Å². The first-order valence-corrected chi connectivity index (χ1v) is 13.9. The Morgan fingerprint density at radius 3 is 2.67 bits per heavy atom. The molecular weight excluding hydrogens is 528 g/mol. The molecule has 10 heteroatoms. The fraction of sp³-hybridized carbons (Fsp3) is 0.367. The Morgan fingerprint density at radius 1 is 1.23 bits per heavy atom. The standard InChI is InChI=1S/C30H33ClN6O3/c1-4-7-24(14-19(2)29-35-33-18-40-29)37-27-9-6-5-8-26(27)36(30(37)39)17-21-10-12-23(13-11-21)34-28(38)25-15-22(31)16-32-20(25)3/h4-9,14-16,18,21,23,26-27H,1,10-13,17H2,2-3H3,(H,34,38)/b19-14+,24-7+. The van der Waals surface area contributed by atoms with Crippen molar-refractivity contribution in [2.75, 3.05) is 6.54 Å². The highest BCUT2D eigenvalue weighted by Crippen LogP contribution is 2.35. The van der Waals surface area contributed by atoms with Gasteiger partial charge in [0.15, 0.2) is 0 Å². The molecule has 5 rings (SSSR count). The number of amides is 3. The van der Waals surface area contributed by atoms with Gasteiger partial charge in [0.1, 0.15) is 0 Å². The molecular formula is C30H33ClN6O3. The fourth-order valence-electron chi connectivity index (χ4n) is 5.70. The number of carbonyl (C=O) groups excluding carboxylic acids is 2. The van der Waals surface area contributed by atoms with Crippen LogP contribution < -0.4 is 5.32 Å². The third-order valence-electron chi connectivity index (χ3n) is 7.75. The number of urea groups is 1. The van der Waals surface area contributed by atoms with Crippen LogP contribution in [-0.2, 0) is 0 Å². The van der Waals surface area contributed by atoms with E-state index < -0.39 is 0 Å². The van der Waals surface area contributed by atoms with Gasteiger partial charge in [0.05, 0.1) is 28.4 Å². The molecule has 40 heavy (non-hydrogen) atoms. The van der Waals surface area contributed by atoms with E-state index in [4.69, 9.17) is 16.0 Å². The highest BCUT2D eigenvalue weighted by Gasteiger charge is 2.45. The number of fused-ring (bicyclic) bond motifs is 1. The van der Waals surface area contributed by atoms with Crippen LogP contribution in [0.5, 0.6) is 0 Å². The van der Waals surface area contributed by atoms with Crippen molar-refractivity contribution in [2.45, 2.75) is 57.7 Å². The van der Waals surface area contributed by atoms with Crippen LogP contribution >= 0.6 is 11.6 Å². The van der Waals surface area contributed by atoms with Gasteiger partial charge in [0.25, 0.3) is 5.91 Å². The van der Waals surface area contributed by atoms with Gasteiger partial charge in [-0.25, -0.2) is 4.79 Å². The highest BCUT2D eigenvalue weighted by atomic mass is 35.5. The summed E-state index contributed by atoms with van der Waals surface area (Å²) in [4.78, 5) is 34.7. The molecule has 1 N–H and O–H groups in total. The third kappa shape index (κ3) is 5.79. The molecule has 0 bridgehead atoms. The maximum absolute atomic E-state index is 13.9. The summed E-state index contributed by atoms with van der Waals surface area (Å²) >= 11 is 6.05. The van der Waals surface area contributed by atoms with Gasteiger partial charge in [0.2, 0.25) is 12.3 Å². The lowest BCUT2D eigenvalue weighted by molar-refractivity contribution is 0.0917. The van der Waals surface area contributed by atoms with Crippen molar-refractivity contribution in [3.05, 3.63) is 95.6 Å². The van der Waals surface area contributed by atoms with E-state index in [9.17, 15) is 9.59 Å². The van der Waals surface area contributed by atoms with Gasteiger partial charge in [-0.1, -0.05) is 48.6 Å². The molecule has 1 saturated carbocycles. The van der Waals surface area contributed by atoms with Crippen LogP contribution in [0.1, 0.15) is 54.5 Å². The Bertz CT molecular complexity index is 1390. The maximum Gasteiger partial charge on any atom is 0.325 e. The van der Waals surface area contributed by atoms with Gasteiger partial charge in [-0.05, 0) is 63.7 Å². The van der Waals surface area contributed by atoms with Crippen LogP contribution in [0.25, 0.3) is 5.57 Å². The number of allylic oxidation sites excluding steroid dienone is 6. The molecule has 2 unspecified atom stereocenters. The van der Waals surface area contributed by atoms with Crippen molar-refractivity contribution in [3.63, 3.8) is 0 Å². The molecule has 2 fully saturated rings. The Kier molecular flexibility index (Phi) is 8.30. The second kappa shape index (κ2) is 12.0. The summed E-state index contributed by atoms with van der Waals surface area (Å²) in [5, 5.41) is 11.3. The molecule has 2 aliphatic carbocycles. The first kappa shape index (κ1) is 27.6. The summed E-state index contributed by atoms with van der Waals surface area (Å²) in [6.45, 7) is 8.19. The Morgan fingerprint density at radius 2 is 1.98 bits per heavy atom.